The van der Waals surface area contributed by atoms with E-state index < -0.39 is 0 Å². The molecule has 1 aromatic rings. The van der Waals surface area contributed by atoms with Crippen molar-refractivity contribution in [2.75, 3.05) is 0 Å². The van der Waals surface area contributed by atoms with E-state index in [2.05, 4.69) is 28.9 Å². The number of fused-ring (bicyclic) bond motifs is 3. The molecule has 1 aliphatic heterocycles. The molecule has 78 valence electrons. The van der Waals surface area contributed by atoms with Gasteiger partial charge in [-0.15, -0.1) is 11.3 Å². The van der Waals surface area contributed by atoms with Crippen LogP contribution in [0.3, 0.4) is 0 Å². The predicted octanol–water partition coefficient (Wildman–Crippen LogP) is 1.92. The summed E-state index contributed by atoms with van der Waals surface area (Å²) < 4.78 is 0. The number of rotatable bonds is 0. The van der Waals surface area contributed by atoms with Gasteiger partial charge in [0.25, 0.3) is 0 Å². The third kappa shape index (κ3) is 1.24. The summed E-state index contributed by atoms with van der Waals surface area (Å²) in [7, 11) is 0. The van der Waals surface area contributed by atoms with Crippen molar-refractivity contribution in [3.63, 3.8) is 0 Å². The molecule has 1 atom stereocenters. The fourth-order valence-corrected chi connectivity index (χ4v) is 3.34. The third-order valence-electron chi connectivity index (χ3n) is 3.32. The Morgan fingerprint density at radius 1 is 1.60 bits per heavy atom. The lowest BCUT2D eigenvalue weighted by atomic mass is 9.71. The SMILES string of the molecule is CC12CCc3sccc3C1=NNC(=O)C2. The van der Waals surface area contributed by atoms with E-state index in [1.165, 1.54) is 10.4 Å². The molecule has 0 bridgehead atoms. The first-order chi connectivity index (χ1) is 7.19. The molecule has 0 fully saturated rings. The number of hydrogen-bond acceptors (Lipinski definition) is 3. The summed E-state index contributed by atoms with van der Waals surface area (Å²) >= 11 is 1.79. The normalized spacial score (nSPS) is 28.9. The lowest BCUT2D eigenvalue weighted by molar-refractivity contribution is -0.123. The Morgan fingerprint density at radius 3 is 3.33 bits per heavy atom. The average molecular weight is 220 g/mol. The summed E-state index contributed by atoms with van der Waals surface area (Å²) in [4.78, 5) is 12.8. The van der Waals surface area contributed by atoms with Crippen molar-refractivity contribution in [3.05, 3.63) is 21.9 Å². The van der Waals surface area contributed by atoms with Crippen LogP contribution >= 0.6 is 11.3 Å². The summed E-state index contributed by atoms with van der Waals surface area (Å²) in [6.45, 7) is 2.14. The molecule has 2 heterocycles. The van der Waals surface area contributed by atoms with E-state index in [9.17, 15) is 4.79 Å². The summed E-state index contributed by atoms with van der Waals surface area (Å²) in [5.41, 5.74) is 4.86. The molecule has 1 unspecified atom stereocenters. The highest BCUT2D eigenvalue weighted by molar-refractivity contribution is 7.10. The molecule has 1 aromatic heterocycles. The molecule has 0 spiro atoms. The maximum atomic E-state index is 11.4. The van der Waals surface area contributed by atoms with Crippen molar-refractivity contribution in [1.29, 1.82) is 0 Å². The molecule has 1 amide bonds. The lowest BCUT2D eigenvalue weighted by Crippen LogP contribution is -2.43. The van der Waals surface area contributed by atoms with Crippen LogP contribution in [0.4, 0.5) is 0 Å². The van der Waals surface area contributed by atoms with Crippen LogP contribution in [-0.2, 0) is 11.2 Å². The van der Waals surface area contributed by atoms with Gasteiger partial charge in [-0.3, -0.25) is 4.79 Å². The second-order valence-corrected chi connectivity index (χ2v) is 5.49. The first kappa shape index (κ1) is 9.09. The first-order valence-corrected chi connectivity index (χ1v) is 6.01. The van der Waals surface area contributed by atoms with E-state index in [1.807, 2.05) is 0 Å². The fraction of sp³-hybridized carbons (Fsp3) is 0.455. The largest absolute Gasteiger partial charge is 0.273 e. The van der Waals surface area contributed by atoms with E-state index in [0.717, 1.165) is 18.6 Å². The van der Waals surface area contributed by atoms with Gasteiger partial charge in [0.1, 0.15) is 0 Å². The molecule has 15 heavy (non-hydrogen) atoms. The summed E-state index contributed by atoms with van der Waals surface area (Å²) in [5, 5.41) is 6.35. The van der Waals surface area contributed by atoms with Gasteiger partial charge < -0.3 is 0 Å². The zero-order valence-corrected chi connectivity index (χ0v) is 9.36. The Bertz CT molecular complexity index is 463. The first-order valence-electron chi connectivity index (χ1n) is 5.13. The van der Waals surface area contributed by atoms with Crippen LogP contribution in [0, 0.1) is 5.41 Å². The van der Waals surface area contributed by atoms with Gasteiger partial charge in [0.05, 0.1) is 5.71 Å². The second-order valence-electron chi connectivity index (χ2n) is 4.49. The molecule has 4 heteroatoms. The quantitative estimate of drug-likeness (QED) is 0.713. The standard InChI is InChI=1S/C11H12N2OS/c1-11-4-2-8-7(3-5-15-8)10(11)13-12-9(14)6-11/h3,5H,2,4,6H2,1H3,(H,12,14). The second kappa shape index (κ2) is 2.92. The average Bonchev–Trinajstić information content (AvgIpc) is 2.63. The highest BCUT2D eigenvalue weighted by Crippen LogP contribution is 2.41. The molecule has 2 aliphatic rings. The minimum absolute atomic E-state index is 0.0416. The van der Waals surface area contributed by atoms with Crippen LogP contribution in [0.15, 0.2) is 16.5 Å². The molecule has 1 aliphatic carbocycles. The number of aryl methyl sites for hydroxylation is 1. The van der Waals surface area contributed by atoms with Crippen LogP contribution in [0.2, 0.25) is 0 Å². The number of hydrogen-bond donors (Lipinski definition) is 1. The number of amides is 1. The third-order valence-corrected chi connectivity index (χ3v) is 4.30. The molecule has 0 radical (unpaired) electrons. The number of carbonyl (C=O) groups is 1. The number of carbonyl (C=O) groups excluding carboxylic acids is 1. The molecule has 0 saturated carbocycles. The highest BCUT2D eigenvalue weighted by atomic mass is 32.1. The van der Waals surface area contributed by atoms with Gasteiger partial charge in [-0.2, -0.15) is 5.10 Å². The molecular weight excluding hydrogens is 208 g/mol. The number of hydrazone groups is 1. The highest BCUT2D eigenvalue weighted by Gasteiger charge is 2.41. The maximum absolute atomic E-state index is 11.4. The van der Waals surface area contributed by atoms with E-state index in [1.54, 1.807) is 11.3 Å². The van der Waals surface area contributed by atoms with Gasteiger partial charge in [0.2, 0.25) is 5.91 Å². The van der Waals surface area contributed by atoms with Gasteiger partial charge in [-0.05, 0) is 24.3 Å². The molecule has 3 rings (SSSR count). The zero-order valence-electron chi connectivity index (χ0n) is 8.54. The van der Waals surface area contributed by atoms with Crippen molar-refractivity contribution in [2.24, 2.45) is 10.5 Å². The molecule has 1 N–H and O–H groups in total. The van der Waals surface area contributed by atoms with Crippen LogP contribution < -0.4 is 5.43 Å². The minimum Gasteiger partial charge on any atom is -0.273 e. The Balaban J connectivity index is 2.15. The van der Waals surface area contributed by atoms with Crippen LogP contribution in [0.5, 0.6) is 0 Å². The molecule has 3 nitrogen and oxygen atoms in total. The van der Waals surface area contributed by atoms with Gasteiger partial charge in [0.15, 0.2) is 0 Å². The monoisotopic (exact) mass is 220 g/mol. The van der Waals surface area contributed by atoms with Crippen molar-refractivity contribution in [2.45, 2.75) is 26.2 Å². The topological polar surface area (TPSA) is 41.5 Å². The summed E-state index contributed by atoms with van der Waals surface area (Å²) in [5.74, 6) is 0.0416. The Labute approximate surface area is 92.2 Å². The Morgan fingerprint density at radius 2 is 2.47 bits per heavy atom. The number of nitrogens with one attached hydrogen (secondary N) is 1. The predicted molar refractivity (Wildman–Crippen MR) is 60.0 cm³/mol. The molecule has 0 aromatic carbocycles. The van der Waals surface area contributed by atoms with E-state index >= 15 is 0 Å². The zero-order chi connectivity index (χ0) is 10.5. The Kier molecular flexibility index (Phi) is 1.77. The summed E-state index contributed by atoms with van der Waals surface area (Å²) in [6, 6.07) is 2.12. The molecular formula is C11H12N2OS. The van der Waals surface area contributed by atoms with Crippen LogP contribution in [0.1, 0.15) is 30.2 Å². The number of thiophene rings is 1. The minimum atomic E-state index is -0.0452. The maximum Gasteiger partial charge on any atom is 0.241 e. The van der Waals surface area contributed by atoms with Gasteiger partial charge >= 0.3 is 0 Å². The van der Waals surface area contributed by atoms with Crippen molar-refractivity contribution < 1.29 is 4.79 Å². The van der Waals surface area contributed by atoms with Crippen molar-refractivity contribution >= 4 is 23.0 Å². The Hall–Kier alpha value is -1.16. The van der Waals surface area contributed by atoms with E-state index in [-0.39, 0.29) is 11.3 Å². The smallest absolute Gasteiger partial charge is 0.241 e. The van der Waals surface area contributed by atoms with E-state index in [4.69, 9.17) is 0 Å². The lowest BCUT2D eigenvalue weighted by Gasteiger charge is -2.36. The van der Waals surface area contributed by atoms with Crippen LogP contribution in [-0.4, -0.2) is 11.6 Å². The number of nitrogens with zero attached hydrogens (tertiary/aromatic N) is 1. The van der Waals surface area contributed by atoms with Crippen molar-refractivity contribution in [3.8, 4) is 0 Å². The fourth-order valence-electron chi connectivity index (χ4n) is 2.46. The van der Waals surface area contributed by atoms with Gasteiger partial charge in [-0.1, -0.05) is 6.92 Å². The van der Waals surface area contributed by atoms with E-state index in [0.29, 0.717) is 6.42 Å². The van der Waals surface area contributed by atoms with Gasteiger partial charge in [0, 0.05) is 22.3 Å². The summed E-state index contributed by atoms with van der Waals surface area (Å²) in [6.07, 6.45) is 2.68. The van der Waals surface area contributed by atoms with Crippen molar-refractivity contribution in [1.82, 2.24) is 5.43 Å². The van der Waals surface area contributed by atoms with Crippen LogP contribution in [0.25, 0.3) is 0 Å². The molecule has 0 saturated heterocycles. The van der Waals surface area contributed by atoms with Gasteiger partial charge in [-0.25, -0.2) is 5.43 Å².